The first-order valence-electron chi connectivity index (χ1n) is 7.22. The van der Waals surface area contributed by atoms with Crippen molar-refractivity contribution in [1.82, 2.24) is 15.1 Å². The van der Waals surface area contributed by atoms with Crippen molar-refractivity contribution in [1.29, 1.82) is 0 Å². The molecule has 22 heavy (non-hydrogen) atoms. The summed E-state index contributed by atoms with van der Waals surface area (Å²) in [6, 6.07) is 7.56. The van der Waals surface area contributed by atoms with Crippen molar-refractivity contribution in [2.24, 2.45) is 7.05 Å². The van der Waals surface area contributed by atoms with Gasteiger partial charge in [0.2, 0.25) is 0 Å². The third-order valence-corrected chi connectivity index (χ3v) is 3.29. The van der Waals surface area contributed by atoms with E-state index in [9.17, 15) is 4.79 Å². The highest BCUT2D eigenvalue weighted by molar-refractivity contribution is 5.88. The number of hydrogen-bond donors (Lipinski definition) is 2. The molecule has 1 aromatic heterocycles. The van der Waals surface area contributed by atoms with Crippen molar-refractivity contribution in [3.63, 3.8) is 0 Å². The number of para-hydroxylation sites is 1. The molecule has 2 aromatic rings. The molecule has 0 aliphatic carbocycles. The van der Waals surface area contributed by atoms with Crippen LogP contribution in [-0.4, -0.2) is 29.0 Å². The number of hydrogen-bond acceptors (Lipinski definition) is 3. The number of nitrogens with zero attached hydrogens (tertiary/aromatic N) is 2. The van der Waals surface area contributed by atoms with Crippen molar-refractivity contribution >= 4 is 11.8 Å². The monoisotopic (exact) mass is 302 g/mol. The van der Waals surface area contributed by atoms with Crippen LogP contribution in [0.15, 0.2) is 24.3 Å². The van der Waals surface area contributed by atoms with E-state index in [1.165, 1.54) is 0 Å². The van der Waals surface area contributed by atoms with E-state index >= 15 is 0 Å². The minimum Gasteiger partial charge on any atom is -0.491 e. The van der Waals surface area contributed by atoms with Gasteiger partial charge in [0.15, 0.2) is 0 Å². The maximum Gasteiger partial charge on any atom is 0.320 e. The lowest BCUT2D eigenvalue weighted by Crippen LogP contribution is -2.32. The molecule has 0 saturated carbocycles. The molecule has 2 amide bonds. The Balaban J connectivity index is 1.77. The summed E-state index contributed by atoms with van der Waals surface area (Å²) in [6.07, 6.45) is 0. The lowest BCUT2D eigenvalue weighted by molar-refractivity contribution is 0.247. The molecule has 1 heterocycles. The predicted octanol–water partition coefficient (Wildman–Crippen LogP) is 2.55. The highest BCUT2D eigenvalue weighted by Crippen LogP contribution is 2.21. The van der Waals surface area contributed by atoms with E-state index in [0.29, 0.717) is 19.0 Å². The molecule has 0 unspecified atom stereocenters. The van der Waals surface area contributed by atoms with E-state index in [4.69, 9.17) is 4.74 Å². The van der Waals surface area contributed by atoms with Crippen LogP contribution in [0.3, 0.4) is 0 Å². The van der Waals surface area contributed by atoms with Gasteiger partial charge in [0, 0.05) is 13.1 Å². The third-order valence-electron chi connectivity index (χ3n) is 3.29. The first kappa shape index (κ1) is 15.9. The second-order valence-electron chi connectivity index (χ2n) is 5.24. The Morgan fingerprint density at radius 3 is 2.55 bits per heavy atom. The van der Waals surface area contributed by atoms with Gasteiger partial charge in [-0.2, -0.15) is 5.10 Å². The SMILES string of the molecule is Cc1cc(NC(=O)NCCOc2c(C)cccc2C)n(C)n1. The molecule has 0 atom stereocenters. The van der Waals surface area contributed by atoms with Crippen LogP contribution in [0.5, 0.6) is 5.75 Å². The summed E-state index contributed by atoms with van der Waals surface area (Å²) >= 11 is 0. The average Bonchev–Trinajstić information content (AvgIpc) is 2.75. The smallest absolute Gasteiger partial charge is 0.320 e. The molecule has 2 rings (SSSR count). The van der Waals surface area contributed by atoms with Crippen LogP contribution in [0.1, 0.15) is 16.8 Å². The molecule has 118 valence electrons. The van der Waals surface area contributed by atoms with Crippen molar-refractivity contribution < 1.29 is 9.53 Å². The van der Waals surface area contributed by atoms with Crippen LogP contribution in [0, 0.1) is 20.8 Å². The van der Waals surface area contributed by atoms with Gasteiger partial charge in [-0.1, -0.05) is 18.2 Å². The number of carbonyl (C=O) groups excluding carboxylic acids is 1. The second-order valence-corrected chi connectivity index (χ2v) is 5.24. The summed E-state index contributed by atoms with van der Waals surface area (Å²) in [5.41, 5.74) is 3.04. The van der Waals surface area contributed by atoms with Gasteiger partial charge in [-0.05, 0) is 31.9 Å². The van der Waals surface area contributed by atoms with Gasteiger partial charge in [-0.25, -0.2) is 4.79 Å². The van der Waals surface area contributed by atoms with Crippen LogP contribution in [0.4, 0.5) is 10.6 Å². The zero-order valence-corrected chi connectivity index (χ0v) is 13.4. The van der Waals surface area contributed by atoms with Crippen molar-refractivity contribution in [3.8, 4) is 5.75 Å². The summed E-state index contributed by atoms with van der Waals surface area (Å²) in [7, 11) is 1.78. The predicted molar refractivity (Wildman–Crippen MR) is 86.4 cm³/mol. The molecule has 2 N–H and O–H groups in total. The van der Waals surface area contributed by atoms with Gasteiger partial charge in [-0.3, -0.25) is 10.00 Å². The average molecular weight is 302 g/mol. The minimum absolute atomic E-state index is 0.270. The number of nitrogens with one attached hydrogen (secondary N) is 2. The molecule has 0 bridgehead atoms. The van der Waals surface area contributed by atoms with Gasteiger partial charge in [-0.15, -0.1) is 0 Å². The van der Waals surface area contributed by atoms with Crippen LogP contribution in [0.2, 0.25) is 0 Å². The number of anilines is 1. The number of ether oxygens (including phenoxy) is 1. The Hall–Kier alpha value is -2.50. The van der Waals surface area contributed by atoms with Gasteiger partial charge >= 0.3 is 6.03 Å². The third kappa shape index (κ3) is 4.00. The first-order chi connectivity index (χ1) is 10.5. The van der Waals surface area contributed by atoms with E-state index < -0.39 is 0 Å². The van der Waals surface area contributed by atoms with Crippen LogP contribution >= 0.6 is 0 Å². The lowest BCUT2D eigenvalue weighted by atomic mass is 10.1. The van der Waals surface area contributed by atoms with Gasteiger partial charge in [0.05, 0.1) is 12.2 Å². The van der Waals surface area contributed by atoms with Crippen LogP contribution < -0.4 is 15.4 Å². The first-order valence-corrected chi connectivity index (χ1v) is 7.22. The summed E-state index contributed by atoms with van der Waals surface area (Å²) < 4.78 is 7.36. The van der Waals surface area contributed by atoms with Gasteiger partial charge in [0.25, 0.3) is 0 Å². The van der Waals surface area contributed by atoms with Gasteiger partial charge < -0.3 is 10.1 Å². The summed E-state index contributed by atoms with van der Waals surface area (Å²) in [5, 5.41) is 9.68. The molecule has 6 nitrogen and oxygen atoms in total. The second kappa shape index (κ2) is 6.98. The normalized spacial score (nSPS) is 10.4. The zero-order valence-electron chi connectivity index (χ0n) is 13.4. The summed E-state index contributed by atoms with van der Waals surface area (Å²) in [5.74, 6) is 1.54. The Labute approximate surface area is 130 Å². The van der Waals surface area contributed by atoms with Crippen LogP contribution in [-0.2, 0) is 7.05 Å². The highest BCUT2D eigenvalue weighted by Gasteiger charge is 2.07. The number of urea groups is 1. The highest BCUT2D eigenvalue weighted by atomic mass is 16.5. The Bertz CT molecular complexity index is 644. The van der Waals surface area contributed by atoms with E-state index in [1.54, 1.807) is 11.7 Å². The van der Waals surface area contributed by atoms with E-state index in [2.05, 4.69) is 15.7 Å². The maximum atomic E-state index is 11.8. The van der Waals surface area contributed by atoms with Gasteiger partial charge in [0.1, 0.15) is 18.2 Å². The molecule has 6 heteroatoms. The van der Waals surface area contributed by atoms with E-state index in [0.717, 1.165) is 22.6 Å². The quantitative estimate of drug-likeness (QED) is 0.834. The van der Waals surface area contributed by atoms with E-state index in [1.807, 2.05) is 45.0 Å². The number of aryl methyl sites for hydroxylation is 4. The number of amides is 2. The molecule has 0 radical (unpaired) electrons. The fourth-order valence-corrected chi connectivity index (χ4v) is 2.23. The molecular formula is C16H22N4O2. The van der Waals surface area contributed by atoms with Crippen molar-refractivity contribution in [3.05, 3.63) is 41.1 Å². The molecule has 0 fully saturated rings. The van der Waals surface area contributed by atoms with Crippen LogP contribution in [0.25, 0.3) is 0 Å². The zero-order chi connectivity index (χ0) is 16.1. The lowest BCUT2D eigenvalue weighted by Gasteiger charge is -2.12. The molecule has 0 saturated heterocycles. The summed E-state index contributed by atoms with van der Waals surface area (Å²) in [6.45, 7) is 6.74. The summed E-state index contributed by atoms with van der Waals surface area (Å²) in [4.78, 5) is 11.8. The largest absolute Gasteiger partial charge is 0.491 e. The Morgan fingerprint density at radius 2 is 1.95 bits per heavy atom. The Morgan fingerprint density at radius 1 is 1.27 bits per heavy atom. The fourth-order valence-electron chi connectivity index (χ4n) is 2.23. The molecule has 1 aromatic carbocycles. The minimum atomic E-state index is -0.270. The van der Waals surface area contributed by atoms with Crippen molar-refractivity contribution in [2.75, 3.05) is 18.5 Å². The topological polar surface area (TPSA) is 68.2 Å². The molecule has 0 aliphatic rings. The Kier molecular flexibility index (Phi) is 5.04. The molecule has 0 aliphatic heterocycles. The van der Waals surface area contributed by atoms with E-state index in [-0.39, 0.29) is 6.03 Å². The molecular weight excluding hydrogens is 280 g/mol. The number of aromatic nitrogens is 2. The maximum absolute atomic E-state index is 11.8. The number of carbonyl (C=O) groups is 1. The number of benzene rings is 1. The molecule has 0 spiro atoms. The fraction of sp³-hybridized carbons (Fsp3) is 0.375. The van der Waals surface area contributed by atoms with Crippen molar-refractivity contribution in [2.45, 2.75) is 20.8 Å². The number of rotatable bonds is 5. The standard InChI is InChI=1S/C16H22N4O2/c1-11-6-5-7-12(2)15(11)22-9-8-17-16(21)18-14-10-13(3)19-20(14)4/h5-7,10H,8-9H2,1-4H3,(H2,17,18,21).